The Morgan fingerprint density at radius 1 is 1.05 bits per heavy atom. The van der Waals surface area contributed by atoms with Crippen LogP contribution in [0.4, 0.5) is 10.1 Å². The normalized spacial score (nSPS) is 33.1. The predicted molar refractivity (Wildman–Crippen MR) is 147 cm³/mol. The van der Waals surface area contributed by atoms with Gasteiger partial charge in [0.05, 0.1) is 29.1 Å². The number of hydrogen-bond acceptors (Lipinski definition) is 6. The van der Waals surface area contributed by atoms with Crippen LogP contribution in [0.1, 0.15) is 24.3 Å². The molecule has 6 rings (SSSR count). The summed E-state index contributed by atoms with van der Waals surface area (Å²) in [6, 6.07) is 7.87. The Morgan fingerprint density at radius 2 is 1.73 bits per heavy atom. The molecule has 12 heteroatoms. The number of phenols is 1. The summed E-state index contributed by atoms with van der Waals surface area (Å²) in [7, 11) is 2.79. The van der Waals surface area contributed by atoms with E-state index in [-0.39, 0.29) is 46.3 Å². The Morgan fingerprint density at radius 3 is 2.38 bits per heavy atom. The van der Waals surface area contributed by atoms with Gasteiger partial charge in [-0.25, -0.2) is 9.29 Å². The first-order valence-corrected chi connectivity index (χ1v) is 14.0. The second kappa shape index (κ2) is 9.03. The average Bonchev–Trinajstić information content (AvgIpc) is 3.24. The minimum Gasteiger partial charge on any atom is -0.503 e. The number of rotatable bonds is 3. The van der Waals surface area contributed by atoms with Crippen LogP contribution in [0.3, 0.4) is 0 Å². The molecule has 4 amide bonds. The van der Waals surface area contributed by atoms with E-state index >= 15 is 0 Å². The van der Waals surface area contributed by atoms with Crippen molar-refractivity contribution < 1.29 is 33.4 Å². The van der Waals surface area contributed by atoms with Crippen molar-refractivity contribution in [3.05, 3.63) is 63.9 Å². The molecular formula is C28H22BrCl2FN2O6. The highest BCUT2D eigenvalue weighted by molar-refractivity contribution is 9.10. The average molecular weight is 652 g/mol. The Balaban J connectivity index is 1.60. The zero-order valence-electron chi connectivity index (χ0n) is 21.2. The highest BCUT2D eigenvalue weighted by Crippen LogP contribution is 2.66. The number of methoxy groups -OCH3 is 1. The third kappa shape index (κ3) is 3.36. The lowest BCUT2D eigenvalue weighted by molar-refractivity contribution is -0.138. The largest absolute Gasteiger partial charge is 0.503 e. The number of anilines is 1. The van der Waals surface area contributed by atoms with Crippen LogP contribution in [0, 0.1) is 23.6 Å². The molecule has 8 nitrogen and oxygen atoms in total. The molecule has 4 aliphatic rings. The number of alkyl halides is 2. The van der Waals surface area contributed by atoms with Crippen molar-refractivity contribution in [1.29, 1.82) is 0 Å². The topological polar surface area (TPSA) is 104 Å². The van der Waals surface area contributed by atoms with Crippen molar-refractivity contribution in [3.63, 3.8) is 0 Å². The van der Waals surface area contributed by atoms with Gasteiger partial charge in [0.2, 0.25) is 11.8 Å². The van der Waals surface area contributed by atoms with Crippen LogP contribution in [0.15, 0.2) is 52.5 Å². The second-order valence-corrected chi connectivity index (χ2v) is 12.6. The summed E-state index contributed by atoms with van der Waals surface area (Å²) in [6.07, 6.45) is 1.88. The van der Waals surface area contributed by atoms with E-state index < -0.39 is 51.1 Å². The number of halogens is 4. The van der Waals surface area contributed by atoms with Gasteiger partial charge in [-0.15, -0.1) is 23.2 Å². The van der Waals surface area contributed by atoms with Gasteiger partial charge in [0, 0.05) is 13.0 Å². The van der Waals surface area contributed by atoms with Crippen molar-refractivity contribution in [2.45, 2.75) is 28.5 Å². The fourth-order valence-electron chi connectivity index (χ4n) is 6.85. The van der Waals surface area contributed by atoms with E-state index in [1.807, 2.05) is 6.08 Å². The number of imide groups is 2. The number of fused-ring (bicyclic) bond motifs is 4. The third-order valence-electron chi connectivity index (χ3n) is 8.72. The first-order chi connectivity index (χ1) is 18.9. The summed E-state index contributed by atoms with van der Waals surface area (Å²) in [5.41, 5.74) is 1.10. The Bertz CT molecular complexity index is 1550. The maximum atomic E-state index is 14.3. The molecule has 0 spiro atoms. The van der Waals surface area contributed by atoms with Crippen molar-refractivity contribution in [1.82, 2.24) is 4.90 Å². The number of ether oxygens (including phenoxy) is 1. The van der Waals surface area contributed by atoms with Crippen molar-refractivity contribution in [2.75, 3.05) is 19.1 Å². The molecule has 3 fully saturated rings. The molecule has 2 aromatic carbocycles. The van der Waals surface area contributed by atoms with Crippen LogP contribution < -0.4 is 9.64 Å². The number of hydrogen-bond donors (Lipinski definition) is 1. The van der Waals surface area contributed by atoms with Gasteiger partial charge >= 0.3 is 0 Å². The van der Waals surface area contributed by atoms with E-state index in [1.165, 1.54) is 32.4 Å². The molecule has 2 aromatic rings. The molecule has 40 heavy (non-hydrogen) atoms. The minimum atomic E-state index is -2.08. The standard InChI is InChI=1S/C28H22BrCl2FN2O6/c1-33-23(36)16-8-7-15-17(20(16)24(33)37)11-27(30)25(38)34(14-5-3-13(32)4-6-14)26(39)28(27,31)21(15)12-9-18(29)22(35)19(10-12)40-2/h3-7,9-10,16-17,20-21,35H,8,11H2,1-2H3/t16-,17+,20-,21-,27+,28-/m0/s1. The van der Waals surface area contributed by atoms with E-state index in [2.05, 4.69) is 15.9 Å². The van der Waals surface area contributed by atoms with Gasteiger partial charge in [-0.3, -0.25) is 24.1 Å². The van der Waals surface area contributed by atoms with Gasteiger partial charge in [-0.05, 0) is 76.7 Å². The van der Waals surface area contributed by atoms with Crippen LogP contribution in [0.25, 0.3) is 0 Å². The van der Waals surface area contributed by atoms with E-state index in [1.54, 1.807) is 6.07 Å². The van der Waals surface area contributed by atoms with E-state index in [9.17, 15) is 28.7 Å². The van der Waals surface area contributed by atoms with Gasteiger partial charge in [-0.2, -0.15) is 0 Å². The Hall–Kier alpha value is -2.95. The van der Waals surface area contributed by atoms with Crippen LogP contribution in [-0.2, 0) is 19.2 Å². The molecule has 208 valence electrons. The first kappa shape index (κ1) is 27.2. The fourth-order valence-corrected chi connectivity index (χ4v) is 8.24. The third-order valence-corrected chi connectivity index (χ3v) is 10.7. The van der Waals surface area contributed by atoms with E-state index in [4.69, 9.17) is 27.9 Å². The molecule has 1 saturated carbocycles. The Kier molecular flexibility index (Phi) is 6.14. The highest BCUT2D eigenvalue weighted by Gasteiger charge is 2.76. The maximum Gasteiger partial charge on any atom is 0.258 e. The zero-order chi connectivity index (χ0) is 28.9. The van der Waals surface area contributed by atoms with Crippen molar-refractivity contribution in [2.24, 2.45) is 17.8 Å². The summed E-state index contributed by atoms with van der Waals surface area (Å²) in [5, 5.41) is 10.5. The van der Waals surface area contributed by atoms with Crippen molar-refractivity contribution >= 4 is 68.4 Å². The Labute approximate surface area is 246 Å². The quantitative estimate of drug-likeness (QED) is 0.298. The summed E-state index contributed by atoms with van der Waals surface area (Å²) >= 11 is 17.9. The zero-order valence-corrected chi connectivity index (χ0v) is 24.3. The highest BCUT2D eigenvalue weighted by atomic mass is 79.9. The number of phenolic OH excluding ortho intramolecular Hbond substituents is 1. The van der Waals surface area contributed by atoms with Crippen LogP contribution in [0.2, 0.25) is 0 Å². The number of likely N-dealkylation sites (tertiary alicyclic amines) is 1. The summed E-state index contributed by atoms with van der Waals surface area (Å²) in [6.45, 7) is 0. The monoisotopic (exact) mass is 650 g/mol. The summed E-state index contributed by atoms with van der Waals surface area (Å²) in [5.74, 6) is -6.12. The predicted octanol–water partition coefficient (Wildman–Crippen LogP) is 4.50. The van der Waals surface area contributed by atoms with Gasteiger partial charge < -0.3 is 9.84 Å². The lowest BCUT2D eigenvalue weighted by Gasteiger charge is -2.50. The molecule has 6 atom stereocenters. The molecule has 1 N–H and O–H groups in total. The van der Waals surface area contributed by atoms with Crippen LogP contribution >= 0.6 is 39.1 Å². The lowest BCUT2D eigenvalue weighted by Crippen LogP contribution is -2.60. The number of benzene rings is 2. The summed E-state index contributed by atoms with van der Waals surface area (Å²) < 4.78 is 19.3. The molecule has 2 saturated heterocycles. The lowest BCUT2D eigenvalue weighted by atomic mass is 9.56. The minimum absolute atomic E-state index is 0.0836. The summed E-state index contributed by atoms with van der Waals surface area (Å²) in [4.78, 5) is 52.5. The number of carbonyl (C=O) groups is 4. The van der Waals surface area contributed by atoms with Gasteiger partial charge in [-0.1, -0.05) is 11.6 Å². The number of aromatic hydroxyl groups is 1. The second-order valence-electron chi connectivity index (χ2n) is 10.5. The molecule has 0 unspecified atom stereocenters. The van der Waals surface area contributed by atoms with Crippen LogP contribution in [-0.4, -0.2) is 57.5 Å². The van der Waals surface area contributed by atoms with Gasteiger partial charge in [0.1, 0.15) is 5.82 Å². The van der Waals surface area contributed by atoms with Crippen molar-refractivity contribution in [3.8, 4) is 11.5 Å². The molecular weight excluding hydrogens is 630 g/mol. The van der Waals surface area contributed by atoms with E-state index in [0.717, 1.165) is 21.9 Å². The number of amides is 4. The molecule has 2 aliphatic heterocycles. The van der Waals surface area contributed by atoms with Gasteiger partial charge in [0.25, 0.3) is 11.8 Å². The molecule has 2 heterocycles. The fraction of sp³-hybridized carbons (Fsp3) is 0.357. The molecule has 0 radical (unpaired) electrons. The smallest absolute Gasteiger partial charge is 0.258 e. The van der Waals surface area contributed by atoms with Gasteiger partial charge in [0.15, 0.2) is 21.2 Å². The maximum absolute atomic E-state index is 14.3. The number of allylic oxidation sites excluding steroid dienone is 2. The van der Waals surface area contributed by atoms with E-state index in [0.29, 0.717) is 11.1 Å². The van der Waals surface area contributed by atoms with Crippen LogP contribution in [0.5, 0.6) is 11.5 Å². The molecule has 0 bridgehead atoms. The number of nitrogens with zero attached hydrogens (tertiary/aromatic N) is 2. The number of carbonyl (C=O) groups excluding carboxylic acids is 4. The molecule has 0 aromatic heterocycles. The SMILES string of the molecule is COc1cc([C@H]2C3=CC[C@@H]4C(=O)N(C)C(=O)[C@@H]4[C@@H]3C[C@@]3(Cl)C(=O)N(c4ccc(F)cc4)C(=O)[C@@]23Cl)cc(Br)c1O. The first-order valence-electron chi connectivity index (χ1n) is 12.5. The molecule has 2 aliphatic carbocycles.